The number of benzene rings is 1. The normalized spacial score (nSPS) is 16.4. The minimum atomic E-state index is -0.870. The van der Waals surface area contributed by atoms with Gasteiger partial charge < -0.3 is 15.4 Å². The number of halogens is 2. The van der Waals surface area contributed by atoms with Crippen LogP contribution < -0.4 is 5.73 Å². The highest BCUT2D eigenvalue weighted by Crippen LogP contribution is 2.21. The van der Waals surface area contributed by atoms with Crippen molar-refractivity contribution < 1.29 is 18.3 Å². The summed E-state index contributed by atoms with van der Waals surface area (Å²) in [4.78, 5) is 13.6. The first-order chi connectivity index (χ1) is 9.00. The van der Waals surface area contributed by atoms with Gasteiger partial charge >= 0.3 is 0 Å². The number of hydrogen-bond donors (Lipinski definition) is 1. The highest BCUT2D eigenvalue weighted by Gasteiger charge is 2.26. The quantitative estimate of drug-likeness (QED) is 0.834. The number of nitrogens with zero attached hydrogens (tertiary/aromatic N) is 1. The van der Waals surface area contributed by atoms with Gasteiger partial charge in [0.25, 0.3) is 5.91 Å². The number of carbonyl (C=O) groups excluding carboxylic acids is 1. The molecule has 1 fully saturated rings. The summed E-state index contributed by atoms with van der Waals surface area (Å²) >= 11 is 0. The Hall–Kier alpha value is -1.69. The molecule has 0 spiro atoms. The van der Waals surface area contributed by atoms with E-state index in [-0.39, 0.29) is 17.3 Å². The number of nitrogen functional groups attached to an aromatic ring is 1. The third-order valence-electron chi connectivity index (χ3n) is 3.35. The van der Waals surface area contributed by atoms with Gasteiger partial charge in [-0.15, -0.1) is 0 Å². The summed E-state index contributed by atoms with van der Waals surface area (Å²) in [5.41, 5.74) is 4.65. The van der Waals surface area contributed by atoms with Crippen molar-refractivity contribution in [2.75, 3.05) is 26.0 Å². The van der Waals surface area contributed by atoms with Crippen molar-refractivity contribution in [3.05, 3.63) is 29.3 Å². The van der Waals surface area contributed by atoms with Crippen LogP contribution in [0, 0.1) is 11.6 Å². The molecule has 0 aliphatic carbocycles. The van der Waals surface area contributed by atoms with E-state index in [4.69, 9.17) is 10.5 Å². The number of nitrogens with two attached hydrogens (primary N) is 1. The van der Waals surface area contributed by atoms with Crippen LogP contribution in [0.15, 0.2) is 12.1 Å². The Labute approximate surface area is 110 Å². The number of anilines is 1. The van der Waals surface area contributed by atoms with Crippen LogP contribution >= 0.6 is 0 Å². The van der Waals surface area contributed by atoms with Crippen molar-refractivity contribution in [2.45, 2.75) is 18.9 Å². The molecule has 0 atom stereocenters. The molecule has 1 aliphatic heterocycles. The van der Waals surface area contributed by atoms with Crippen LogP contribution in [0.25, 0.3) is 0 Å². The van der Waals surface area contributed by atoms with Gasteiger partial charge in [-0.05, 0) is 25.0 Å². The Bertz CT molecular complexity index is 488. The van der Waals surface area contributed by atoms with Gasteiger partial charge in [0, 0.05) is 26.3 Å². The molecule has 0 unspecified atom stereocenters. The van der Waals surface area contributed by atoms with Crippen LogP contribution in [0.5, 0.6) is 0 Å². The van der Waals surface area contributed by atoms with Gasteiger partial charge in [-0.25, -0.2) is 8.78 Å². The molecule has 1 aliphatic rings. The molecule has 0 bridgehead atoms. The van der Waals surface area contributed by atoms with Crippen LogP contribution in [-0.4, -0.2) is 37.1 Å². The first-order valence-electron chi connectivity index (χ1n) is 6.10. The maximum Gasteiger partial charge on any atom is 0.257 e. The number of carbonyl (C=O) groups is 1. The van der Waals surface area contributed by atoms with Crippen LogP contribution in [0.2, 0.25) is 0 Å². The van der Waals surface area contributed by atoms with E-state index in [9.17, 15) is 13.6 Å². The van der Waals surface area contributed by atoms with E-state index in [0.29, 0.717) is 26.1 Å². The van der Waals surface area contributed by atoms with Crippen molar-refractivity contribution in [1.29, 1.82) is 0 Å². The van der Waals surface area contributed by atoms with Gasteiger partial charge in [0.05, 0.1) is 11.3 Å². The predicted octanol–water partition coefficient (Wildman–Crippen LogP) is 1.80. The molecule has 2 N–H and O–H groups in total. The average Bonchev–Trinajstić information content (AvgIpc) is 2.42. The third kappa shape index (κ3) is 2.84. The Morgan fingerprint density at radius 1 is 1.37 bits per heavy atom. The van der Waals surface area contributed by atoms with Crippen LogP contribution in [0.3, 0.4) is 0 Å². The van der Waals surface area contributed by atoms with E-state index < -0.39 is 17.5 Å². The molecule has 1 saturated heterocycles. The molecule has 1 aromatic carbocycles. The van der Waals surface area contributed by atoms with E-state index in [2.05, 4.69) is 0 Å². The fourth-order valence-corrected chi connectivity index (χ4v) is 2.19. The number of rotatable bonds is 2. The molecule has 0 saturated carbocycles. The summed E-state index contributed by atoms with van der Waals surface area (Å²) in [5, 5.41) is 0. The van der Waals surface area contributed by atoms with Crippen LogP contribution in [0.1, 0.15) is 23.2 Å². The first-order valence-corrected chi connectivity index (χ1v) is 6.10. The second-order valence-corrected chi connectivity index (χ2v) is 4.62. The average molecular weight is 270 g/mol. The van der Waals surface area contributed by atoms with E-state index in [1.165, 1.54) is 4.90 Å². The number of hydrogen-bond acceptors (Lipinski definition) is 3. The summed E-state index contributed by atoms with van der Waals surface area (Å²) in [6.07, 6.45) is 1.38. The molecule has 2 rings (SSSR count). The molecular formula is C13H16F2N2O2. The van der Waals surface area contributed by atoms with Gasteiger partial charge in [-0.2, -0.15) is 0 Å². The van der Waals surface area contributed by atoms with Gasteiger partial charge in [0.1, 0.15) is 5.82 Å². The van der Waals surface area contributed by atoms with Crippen molar-refractivity contribution in [2.24, 2.45) is 0 Å². The zero-order valence-electron chi connectivity index (χ0n) is 10.7. The Kier molecular flexibility index (Phi) is 3.99. The molecule has 104 valence electrons. The van der Waals surface area contributed by atoms with Gasteiger partial charge in [0.15, 0.2) is 5.82 Å². The summed E-state index contributed by atoms with van der Waals surface area (Å²) < 4.78 is 32.2. The molecular weight excluding hydrogens is 254 g/mol. The van der Waals surface area contributed by atoms with E-state index >= 15 is 0 Å². The smallest absolute Gasteiger partial charge is 0.257 e. The summed E-state index contributed by atoms with van der Waals surface area (Å²) in [5.74, 6) is -2.15. The minimum absolute atomic E-state index is 0.0230. The number of amides is 1. The monoisotopic (exact) mass is 270 g/mol. The van der Waals surface area contributed by atoms with Crippen LogP contribution in [-0.2, 0) is 4.74 Å². The van der Waals surface area contributed by atoms with Gasteiger partial charge in [-0.3, -0.25) is 4.79 Å². The molecule has 0 aromatic heterocycles. The third-order valence-corrected chi connectivity index (χ3v) is 3.35. The second kappa shape index (κ2) is 5.52. The maximum absolute atomic E-state index is 13.8. The highest BCUT2D eigenvalue weighted by molar-refractivity contribution is 5.95. The molecule has 1 heterocycles. The first kappa shape index (κ1) is 13.7. The van der Waals surface area contributed by atoms with E-state index in [1.807, 2.05) is 0 Å². The lowest BCUT2D eigenvalue weighted by Gasteiger charge is -2.31. The molecule has 0 radical (unpaired) electrons. The van der Waals surface area contributed by atoms with Crippen LogP contribution in [0.4, 0.5) is 14.5 Å². The van der Waals surface area contributed by atoms with Crippen molar-refractivity contribution >= 4 is 11.6 Å². The summed E-state index contributed by atoms with van der Waals surface area (Å²) in [6, 6.07) is 1.72. The highest BCUT2D eigenvalue weighted by atomic mass is 19.1. The SMILES string of the molecule is CN(C(=O)c1cc(F)cc(N)c1F)C1CCOCC1. The molecule has 4 nitrogen and oxygen atoms in total. The van der Waals surface area contributed by atoms with E-state index in [0.717, 1.165) is 12.1 Å². The lowest BCUT2D eigenvalue weighted by atomic mass is 10.1. The van der Waals surface area contributed by atoms with Crippen molar-refractivity contribution in [1.82, 2.24) is 4.90 Å². The van der Waals surface area contributed by atoms with Gasteiger partial charge in [0.2, 0.25) is 0 Å². The fourth-order valence-electron chi connectivity index (χ4n) is 2.19. The lowest BCUT2D eigenvalue weighted by Crippen LogP contribution is -2.41. The molecule has 1 aromatic rings. The maximum atomic E-state index is 13.8. The Morgan fingerprint density at radius 2 is 2.00 bits per heavy atom. The number of ether oxygens (including phenoxy) is 1. The predicted molar refractivity (Wildman–Crippen MR) is 66.7 cm³/mol. The van der Waals surface area contributed by atoms with Crippen molar-refractivity contribution in [3.8, 4) is 0 Å². The fraction of sp³-hybridized carbons (Fsp3) is 0.462. The zero-order chi connectivity index (χ0) is 14.0. The van der Waals surface area contributed by atoms with E-state index in [1.54, 1.807) is 7.05 Å². The molecule has 1 amide bonds. The molecule has 6 heteroatoms. The molecule has 19 heavy (non-hydrogen) atoms. The Balaban J connectivity index is 2.23. The minimum Gasteiger partial charge on any atom is -0.396 e. The second-order valence-electron chi connectivity index (χ2n) is 4.62. The van der Waals surface area contributed by atoms with Gasteiger partial charge in [-0.1, -0.05) is 0 Å². The summed E-state index contributed by atoms with van der Waals surface area (Å²) in [6.45, 7) is 1.13. The Morgan fingerprint density at radius 3 is 2.63 bits per heavy atom. The standard InChI is InChI=1S/C13H16F2N2O2/c1-17(9-2-4-19-5-3-9)13(18)10-6-8(14)7-11(16)12(10)15/h6-7,9H,2-5,16H2,1H3. The topological polar surface area (TPSA) is 55.6 Å². The summed E-state index contributed by atoms with van der Waals surface area (Å²) in [7, 11) is 1.58. The lowest BCUT2D eigenvalue weighted by molar-refractivity contribution is 0.0359. The van der Waals surface area contributed by atoms with Crippen molar-refractivity contribution in [3.63, 3.8) is 0 Å². The zero-order valence-corrected chi connectivity index (χ0v) is 10.7. The largest absolute Gasteiger partial charge is 0.396 e.